The molecular weight excluding hydrogens is 757 g/mol. The molecule has 0 fully saturated rings. The first-order valence-electron chi connectivity index (χ1n) is 21.1. The van der Waals surface area contributed by atoms with Crippen molar-refractivity contribution in [2.75, 3.05) is 0 Å². The van der Waals surface area contributed by atoms with E-state index in [1.54, 1.807) is 0 Å². The molecule has 3 aromatic heterocycles. The first kappa shape index (κ1) is 35.8. The van der Waals surface area contributed by atoms with Gasteiger partial charge in [-0.2, -0.15) is 0 Å². The summed E-state index contributed by atoms with van der Waals surface area (Å²) < 4.78 is 9.21. The van der Waals surface area contributed by atoms with Crippen LogP contribution in [0.2, 0.25) is 0 Å². The molecule has 0 spiro atoms. The van der Waals surface area contributed by atoms with E-state index in [0.717, 1.165) is 62.0 Å². The van der Waals surface area contributed by atoms with Crippen molar-refractivity contribution in [2.24, 2.45) is 0 Å². The van der Waals surface area contributed by atoms with Crippen LogP contribution in [0.1, 0.15) is 23.7 Å². The molecule has 12 rings (SSSR count). The van der Waals surface area contributed by atoms with Crippen LogP contribution in [0.3, 0.4) is 0 Å². The SMILES string of the molecule is C1=CC(c2nc(-c3ccccc3)nc(-c3ccc4c(c3)oc3cccc(-n5c6cc(-c7ccccc7)ccc6c6ccc(-c7ccccc7)cc65)c34)n2)CC(c2ccccc2)=C1. The predicted octanol–water partition coefficient (Wildman–Crippen LogP) is 14.7. The van der Waals surface area contributed by atoms with Gasteiger partial charge in [-0.15, -0.1) is 0 Å². The molecule has 0 N–H and O–H groups in total. The van der Waals surface area contributed by atoms with Crippen molar-refractivity contribution in [1.82, 2.24) is 19.5 Å². The maximum atomic E-state index is 6.78. The van der Waals surface area contributed by atoms with Crippen LogP contribution < -0.4 is 0 Å². The van der Waals surface area contributed by atoms with Crippen molar-refractivity contribution in [1.29, 1.82) is 0 Å². The van der Waals surface area contributed by atoms with Crippen molar-refractivity contribution in [3.05, 3.63) is 224 Å². The molecule has 0 aliphatic heterocycles. The van der Waals surface area contributed by atoms with Gasteiger partial charge in [-0.25, -0.2) is 15.0 Å². The number of hydrogen-bond donors (Lipinski definition) is 0. The maximum absolute atomic E-state index is 6.78. The minimum Gasteiger partial charge on any atom is -0.456 e. The minimum absolute atomic E-state index is 0.00654. The number of benzene rings is 8. The van der Waals surface area contributed by atoms with Crippen LogP contribution in [0.25, 0.3) is 100 Å². The van der Waals surface area contributed by atoms with E-state index >= 15 is 0 Å². The van der Waals surface area contributed by atoms with Crippen LogP contribution in [0.15, 0.2) is 217 Å². The standard InChI is InChI=1S/C57H38N4O/c1-5-15-37(16-6-1)41-23-13-24-44(33-41)56-58-55(40-21-11-4-12-22-40)59-57(60-56)45-29-32-48-53(36-45)62-52-26-14-25-49(54(48)52)61-50-34-42(38-17-7-2-8-18-38)27-30-46(50)47-31-28-43(35-51(47)61)39-19-9-3-10-20-39/h1-32,34-36,44H,33H2. The van der Waals surface area contributed by atoms with E-state index in [1.165, 1.54) is 44.2 Å². The highest BCUT2D eigenvalue weighted by Crippen LogP contribution is 2.42. The summed E-state index contributed by atoms with van der Waals surface area (Å²) in [5, 5.41) is 4.48. The van der Waals surface area contributed by atoms with Crippen molar-refractivity contribution in [2.45, 2.75) is 12.3 Å². The number of rotatable bonds is 7. The van der Waals surface area contributed by atoms with E-state index in [2.05, 4.69) is 199 Å². The number of fused-ring (bicyclic) bond motifs is 6. The molecule has 292 valence electrons. The summed E-state index contributed by atoms with van der Waals surface area (Å²) in [6, 6.07) is 68.4. The molecule has 0 bridgehead atoms. The van der Waals surface area contributed by atoms with E-state index in [-0.39, 0.29) is 5.92 Å². The van der Waals surface area contributed by atoms with Crippen LogP contribution in [0.4, 0.5) is 0 Å². The molecule has 0 saturated heterocycles. The molecule has 1 atom stereocenters. The van der Waals surface area contributed by atoms with Crippen LogP contribution in [0, 0.1) is 0 Å². The van der Waals surface area contributed by atoms with Crippen LogP contribution in [-0.4, -0.2) is 19.5 Å². The Bertz CT molecular complexity index is 3430. The average Bonchev–Trinajstić information content (AvgIpc) is 3.90. The lowest BCUT2D eigenvalue weighted by Gasteiger charge is -2.19. The topological polar surface area (TPSA) is 56.7 Å². The minimum atomic E-state index is -0.00654. The predicted molar refractivity (Wildman–Crippen MR) is 254 cm³/mol. The number of hydrogen-bond acceptors (Lipinski definition) is 4. The fraction of sp³-hybridized carbons (Fsp3) is 0.0351. The molecule has 1 aliphatic rings. The number of nitrogens with zero attached hydrogens (tertiary/aromatic N) is 4. The van der Waals surface area contributed by atoms with Crippen molar-refractivity contribution < 1.29 is 4.42 Å². The van der Waals surface area contributed by atoms with Gasteiger partial charge in [0.05, 0.1) is 22.1 Å². The molecule has 5 nitrogen and oxygen atoms in total. The Hall–Kier alpha value is -8.15. The number of aromatic nitrogens is 4. The van der Waals surface area contributed by atoms with Gasteiger partial charge >= 0.3 is 0 Å². The lowest BCUT2D eigenvalue weighted by atomic mass is 9.89. The zero-order valence-corrected chi connectivity index (χ0v) is 33.7. The molecule has 5 heteroatoms. The van der Waals surface area contributed by atoms with Gasteiger partial charge in [0.1, 0.15) is 17.0 Å². The molecule has 3 heterocycles. The summed E-state index contributed by atoms with van der Waals surface area (Å²) in [7, 11) is 0. The summed E-state index contributed by atoms with van der Waals surface area (Å²) in [5.74, 6) is 2.01. The third-order valence-corrected chi connectivity index (χ3v) is 12.2. The Kier molecular flexibility index (Phi) is 8.56. The van der Waals surface area contributed by atoms with Gasteiger partial charge in [0.2, 0.25) is 0 Å². The molecule has 0 amide bonds. The fourth-order valence-corrected chi connectivity index (χ4v) is 9.16. The molecule has 62 heavy (non-hydrogen) atoms. The second-order valence-corrected chi connectivity index (χ2v) is 16.0. The summed E-state index contributed by atoms with van der Waals surface area (Å²) in [6.45, 7) is 0. The Balaban J connectivity index is 1.02. The summed E-state index contributed by atoms with van der Waals surface area (Å²) in [5.41, 5.74) is 13.9. The Morgan fingerprint density at radius 3 is 1.61 bits per heavy atom. The lowest BCUT2D eigenvalue weighted by Crippen LogP contribution is -2.09. The van der Waals surface area contributed by atoms with Crippen molar-refractivity contribution in [3.63, 3.8) is 0 Å². The van der Waals surface area contributed by atoms with E-state index < -0.39 is 0 Å². The van der Waals surface area contributed by atoms with Gasteiger partial charge in [0.15, 0.2) is 11.6 Å². The van der Waals surface area contributed by atoms with E-state index in [4.69, 9.17) is 19.4 Å². The molecule has 8 aromatic carbocycles. The highest BCUT2D eigenvalue weighted by Gasteiger charge is 2.23. The summed E-state index contributed by atoms with van der Waals surface area (Å²) in [4.78, 5) is 15.4. The number of allylic oxidation sites excluding steroid dienone is 4. The largest absolute Gasteiger partial charge is 0.456 e. The highest BCUT2D eigenvalue weighted by molar-refractivity contribution is 6.15. The summed E-state index contributed by atoms with van der Waals surface area (Å²) >= 11 is 0. The lowest BCUT2D eigenvalue weighted by molar-refractivity contribution is 0.669. The third kappa shape index (κ3) is 6.22. The van der Waals surface area contributed by atoms with Gasteiger partial charge in [-0.3, -0.25) is 0 Å². The summed E-state index contributed by atoms with van der Waals surface area (Å²) in [6.07, 6.45) is 7.32. The molecule has 1 unspecified atom stereocenters. The van der Waals surface area contributed by atoms with E-state index in [9.17, 15) is 0 Å². The van der Waals surface area contributed by atoms with E-state index in [0.29, 0.717) is 11.6 Å². The average molecular weight is 795 g/mol. The van der Waals surface area contributed by atoms with Gasteiger partial charge in [0.25, 0.3) is 0 Å². The monoisotopic (exact) mass is 794 g/mol. The van der Waals surface area contributed by atoms with Crippen molar-refractivity contribution in [3.8, 4) is 50.7 Å². The van der Waals surface area contributed by atoms with Gasteiger partial charge in [0, 0.05) is 33.2 Å². The Labute approximate surface area is 358 Å². The molecule has 11 aromatic rings. The Morgan fingerprint density at radius 1 is 0.435 bits per heavy atom. The fourth-order valence-electron chi connectivity index (χ4n) is 9.16. The normalized spacial score (nSPS) is 13.9. The first-order chi connectivity index (χ1) is 30.7. The van der Waals surface area contributed by atoms with Crippen molar-refractivity contribution >= 4 is 49.3 Å². The second-order valence-electron chi connectivity index (χ2n) is 16.0. The van der Waals surface area contributed by atoms with Crippen LogP contribution in [-0.2, 0) is 0 Å². The highest BCUT2D eigenvalue weighted by atomic mass is 16.3. The molecular formula is C57H38N4O. The smallest absolute Gasteiger partial charge is 0.163 e. The van der Waals surface area contributed by atoms with Gasteiger partial charge in [-0.1, -0.05) is 176 Å². The second kappa shape index (κ2) is 14.8. The third-order valence-electron chi connectivity index (χ3n) is 12.2. The Morgan fingerprint density at radius 2 is 0.984 bits per heavy atom. The zero-order chi connectivity index (χ0) is 41.0. The first-order valence-corrected chi connectivity index (χ1v) is 21.1. The van der Waals surface area contributed by atoms with Crippen LogP contribution >= 0.6 is 0 Å². The molecule has 0 saturated carbocycles. The zero-order valence-electron chi connectivity index (χ0n) is 33.7. The maximum Gasteiger partial charge on any atom is 0.163 e. The van der Waals surface area contributed by atoms with Gasteiger partial charge in [-0.05, 0) is 76.2 Å². The van der Waals surface area contributed by atoms with Gasteiger partial charge < -0.3 is 8.98 Å². The quantitative estimate of drug-likeness (QED) is 0.161. The van der Waals surface area contributed by atoms with Crippen LogP contribution in [0.5, 0.6) is 0 Å². The number of furan rings is 1. The molecule has 1 aliphatic carbocycles. The molecule has 0 radical (unpaired) electrons. The van der Waals surface area contributed by atoms with E-state index in [1.807, 2.05) is 18.2 Å².